The summed E-state index contributed by atoms with van der Waals surface area (Å²) in [5.41, 5.74) is 8.26. The van der Waals surface area contributed by atoms with Crippen molar-refractivity contribution in [2.24, 2.45) is 0 Å². The third kappa shape index (κ3) is 3.31. The van der Waals surface area contributed by atoms with Crippen molar-refractivity contribution in [1.82, 2.24) is 4.98 Å². The summed E-state index contributed by atoms with van der Waals surface area (Å²) >= 11 is 0. The van der Waals surface area contributed by atoms with E-state index in [1.54, 1.807) is 6.07 Å². The molecule has 0 saturated carbocycles. The van der Waals surface area contributed by atoms with Crippen molar-refractivity contribution in [2.75, 3.05) is 11.5 Å². The van der Waals surface area contributed by atoms with Gasteiger partial charge in [0.15, 0.2) is 0 Å². The van der Waals surface area contributed by atoms with Gasteiger partial charge in [0, 0.05) is 16.8 Å². The van der Waals surface area contributed by atoms with Gasteiger partial charge in [0.05, 0.1) is 11.2 Å². The molecule has 2 heterocycles. The van der Waals surface area contributed by atoms with E-state index < -0.39 is 52.8 Å². The molecule has 0 radical (unpaired) electrons. The molecule has 1 fully saturated rings. The SMILES string of the molecule is CC1(C)OB(c2ccc(N)c(-c3c(C(=O)O)c(N)[nH]c(=O)c3C(=O)O)c2)OC1(C)C. The number of pyridine rings is 1. The summed E-state index contributed by atoms with van der Waals surface area (Å²) in [7, 11) is -0.810. The maximum atomic E-state index is 12.3. The minimum atomic E-state index is -1.62. The second kappa shape index (κ2) is 6.89. The number of anilines is 2. The highest BCUT2D eigenvalue weighted by Gasteiger charge is 2.51. The number of hydrogen-bond donors (Lipinski definition) is 5. The molecular weight excluding hydrogens is 393 g/mol. The van der Waals surface area contributed by atoms with Crippen molar-refractivity contribution in [3.05, 3.63) is 39.7 Å². The minimum Gasteiger partial charge on any atom is -0.478 e. The van der Waals surface area contributed by atoms with E-state index in [0.717, 1.165) is 0 Å². The number of benzene rings is 1. The average Bonchev–Trinajstić information content (AvgIpc) is 2.81. The highest BCUT2D eigenvalue weighted by molar-refractivity contribution is 6.62. The first kappa shape index (κ1) is 21.4. The summed E-state index contributed by atoms with van der Waals surface area (Å²) in [4.78, 5) is 38.0. The van der Waals surface area contributed by atoms with Gasteiger partial charge in [0.1, 0.15) is 16.9 Å². The fraction of sp³-hybridized carbons (Fsp3) is 0.316. The van der Waals surface area contributed by atoms with Crippen LogP contribution in [-0.2, 0) is 9.31 Å². The zero-order valence-corrected chi connectivity index (χ0v) is 16.9. The zero-order valence-electron chi connectivity index (χ0n) is 16.9. The van der Waals surface area contributed by atoms with Gasteiger partial charge in [-0.05, 0) is 39.2 Å². The molecular formula is C19H22BN3O7. The van der Waals surface area contributed by atoms with Crippen LogP contribution in [0.25, 0.3) is 11.1 Å². The van der Waals surface area contributed by atoms with Crippen LogP contribution in [0.5, 0.6) is 0 Å². The Morgan fingerprint density at radius 3 is 2.03 bits per heavy atom. The molecule has 1 aliphatic rings. The number of nitrogens with one attached hydrogen (secondary N) is 1. The smallest absolute Gasteiger partial charge is 0.478 e. The number of aromatic amines is 1. The lowest BCUT2D eigenvalue weighted by atomic mass is 9.77. The standard InChI is InChI=1S/C19H22BN3O7/c1-18(2)19(3,4)30-20(29-18)8-5-6-10(21)9(7-8)11-12(16(25)26)14(22)23-15(24)13(11)17(27)28/h5-7H,21H2,1-4H3,(H,25,26)(H,27,28)(H3,22,23,24). The van der Waals surface area contributed by atoms with Crippen LogP contribution in [0.1, 0.15) is 48.4 Å². The summed E-state index contributed by atoms with van der Waals surface area (Å²) < 4.78 is 12.0. The first-order valence-electron chi connectivity index (χ1n) is 9.04. The molecule has 0 spiro atoms. The number of carboxylic acid groups (broad SMARTS) is 2. The van der Waals surface area contributed by atoms with Gasteiger partial charge in [-0.2, -0.15) is 0 Å². The molecule has 0 bridgehead atoms. The molecule has 2 aromatic rings. The van der Waals surface area contributed by atoms with E-state index in [2.05, 4.69) is 4.98 Å². The normalized spacial score (nSPS) is 17.1. The van der Waals surface area contributed by atoms with Gasteiger partial charge in [-0.25, -0.2) is 9.59 Å². The van der Waals surface area contributed by atoms with E-state index in [4.69, 9.17) is 20.8 Å². The molecule has 3 rings (SSSR count). The van der Waals surface area contributed by atoms with Crippen LogP contribution in [0.2, 0.25) is 0 Å². The third-order valence-corrected chi connectivity index (χ3v) is 5.54. The summed E-state index contributed by atoms with van der Waals surface area (Å²) in [5, 5.41) is 19.2. The molecule has 1 saturated heterocycles. The monoisotopic (exact) mass is 415 g/mol. The van der Waals surface area contributed by atoms with Crippen LogP contribution in [0, 0.1) is 0 Å². The van der Waals surface area contributed by atoms with E-state index >= 15 is 0 Å². The largest absolute Gasteiger partial charge is 0.494 e. The number of aromatic carboxylic acids is 2. The van der Waals surface area contributed by atoms with Crippen LogP contribution >= 0.6 is 0 Å². The van der Waals surface area contributed by atoms with Crippen LogP contribution in [0.3, 0.4) is 0 Å². The molecule has 0 atom stereocenters. The lowest BCUT2D eigenvalue weighted by Gasteiger charge is -2.32. The first-order chi connectivity index (χ1) is 13.8. The van der Waals surface area contributed by atoms with Gasteiger partial charge in [-0.1, -0.05) is 12.1 Å². The van der Waals surface area contributed by atoms with Crippen molar-refractivity contribution in [3.63, 3.8) is 0 Å². The van der Waals surface area contributed by atoms with Gasteiger partial charge < -0.3 is 36.0 Å². The van der Waals surface area contributed by atoms with Crippen molar-refractivity contribution in [1.29, 1.82) is 0 Å². The molecule has 1 aromatic heterocycles. The summed E-state index contributed by atoms with van der Waals surface area (Å²) in [6, 6.07) is 4.54. The fourth-order valence-electron chi connectivity index (χ4n) is 3.23. The van der Waals surface area contributed by atoms with E-state index in [1.807, 2.05) is 27.7 Å². The van der Waals surface area contributed by atoms with Crippen molar-refractivity contribution in [3.8, 4) is 11.1 Å². The van der Waals surface area contributed by atoms with E-state index in [0.29, 0.717) is 5.46 Å². The Labute approximate surface area is 171 Å². The molecule has 11 heteroatoms. The van der Waals surface area contributed by atoms with Crippen LogP contribution in [0.15, 0.2) is 23.0 Å². The molecule has 0 amide bonds. The summed E-state index contributed by atoms with van der Waals surface area (Å²) in [6.45, 7) is 7.48. The van der Waals surface area contributed by atoms with Gasteiger partial charge in [-0.15, -0.1) is 0 Å². The number of nitrogens with two attached hydrogens (primary N) is 2. The molecule has 7 N–H and O–H groups in total. The average molecular weight is 415 g/mol. The first-order valence-corrected chi connectivity index (χ1v) is 9.04. The molecule has 0 unspecified atom stereocenters. The summed E-state index contributed by atoms with van der Waals surface area (Å²) in [6.07, 6.45) is 0. The lowest BCUT2D eigenvalue weighted by Crippen LogP contribution is -2.41. The number of carbonyl (C=O) groups is 2. The number of nitrogen functional groups attached to an aromatic ring is 2. The number of rotatable bonds is 4. The van der Waals surface area contributed by atoms with Crippen LogP contribution in [0.4, 0.5) is 11.5 Å². The van der Waals surface area contributed by atoms with E-state index in [1.165, 1.54) is 12.1 Å². The number of hydrogen-bond acceptors (Lipinski definition) is 7. The number of H-pyrrole nitrogens is 1. The molecule has 1 aromatic carbocycles. The maximum Gasteiger partial charge on any atom is 0.494 e. The van der Waals surface area contributed by atoms with Gasteiger partial charge >= 0.3 is 19.1 Å². The van der Waals surface area contributed by atoms with Crippen LogP contribution < -0.4 is 22.5 Å². The number of aromatic nitrogens is 1. The Balaban J connectivity index is 2.28. The topological polar surface area (TPSA) is 178 Å². The number of carboxylic acids is 2. The molecule has 1 aliphatic heterocycles. The Hall–Kier alpha value is -3.31. The zero-order chi connectivity index (χ0) is 22.6. The molecule has 0 aliphatic carbocycles. The van der Waals surface area contributed by atoms with Crippen molar-refractivity contribution in [2.45, 2.75) is 38.9 Å². The second-order valence-electron chi connectivity index (χ2n) is 8.04. The predicted octanol–water partition coefficient (Wildman–Crippen LogP) is 0.902. The second-order valence-corrected chi connectivity index (χ2v) is 8.04. The quantitative estimate of drug-likeness (QED) is 0.358. The summed E-state index contributed by atoms with van der Waals surface area (Å²) in [5.74, 6) is -3.61. The fourth-order valence-corrected chi connectivity index (χ4v) is 3.23. The maximum absolute atomic E-state index is 12.3. The molecule has 30 heavy (non-hydrogen) atoms. The van der Waals surface area contributed by atoms with Crippen molar-refractivity contribution >= 4 is 36.0 Å². The van der Waals surface area contributed by atoms with Gasteiger partial charge in [0.2, 0.25) is 0 Å². The molecule has 10 nitrogen and oxygen atoms in total. The van der Waals surface area contributed by atoms with Gasteiger partial charge in [0.25, 0.3) is 5.56 Å². The van der Waals surface area contributed by atoms with Crippen LogP contribution in [-0.4, -0.2) is 45.5 Å². The highest BCUT2D eigenvalue weighted by atomic mass is 16.7. The third-order valence-electron chi connectivity index (χ3n) is 5.54. The molecule has 158 valence electrons. The predicted molar refractivity (Wildman–Crippen MR) is 111 cm³/mol. The highest BCUT2D eigenvalue weighted by Crippen LogP contribution is 2.38. The Morgan fingerprint density at radius 2 is 1.53 bits per heavy atom. The van der Waals surface area contributed by atoms with E-state index in [9.17, 15) is 24.6 Å². The Bertz CT molecular complexity index is 1110. The van der Waals surface area contributed by atoms with Crippen molar-refractivity contribution < 1.29 is 29.1 Å². The Morgan fingerprint density at radius 1 is 1.00 bits per heavy atom. The minimum absolute atomic E-state index is 0.0230. The van der Waals surface area contributed by atoms with E-state index in [-0.39, 0.29) is 16.8 Å². The van der Waals surface area contributed by atoms with Gasteiger partial charge in [-0.3, -0.25) is 4.79 Å². The lowest BCUT2D eigenvalue weighted by molar-refractivity contribution is 0.00578. The Kier molecular flexibility index (Phi) is 4.91.